The molecule has 2 aromatic rings. The maximum absolute atomic E-state index is 2.00. The topological polar surface area (TPSA) is 0 Å². The van der Waals surface area contributed by atoms with E-state index in [2.05, 4.69) is 0 Å². The summed E-state index contributed by atoms with van der Waals surface area (Å²) in [6, 6.07) is 20.0. The van der Waals surface area contributed by atoms with Gasteiger partial charge in [-0.1, -0.05) is 0 Å². The van der Waals surface area contributed by atoms with Crippen LogP contribution in [0.2, 0.25) is 0 Å². The van der Waals surface area contributed by atoms with Crippen LogP contribution in [0.15, 0.2) is 60.7 Å². The third-order valence-corrected chi connectivity index (χ3v) is 1.11. The second-order valence-corrected chi connectivity index (χ2v) is 1.92. The van der Waals surface area contributed by atoms with Crippen LogP contribution in [0.5, 0.6) is 0 Å². The first-order chi connectivity index (χ1) is 5.00. The van der Waals surface area contributed by atoms with E-state index in [1.165, 1.54) is 0 Å². The Hall–Kier alpha value is -0.261. The van der Waals surface area contributed by atoms with Crippen molar-refractivity contribution in [2.24, 2.45) is 0 Å². The Morgan fingerprint density at radius 3 is 0.833 bits per heavy atom. The number of rotatable bonds is 0. The Kier molecular flexibility index (Phi) is 12.8. The van der Waals surface area contributed by atoms with Gasteiger partial charge in [0.15, 0.2) is 0 Å². The van der Waals surface area contributed by atoms with Gasteiger partial charge >= 0.3 is 34.1 Å². The molecule has 0 bridgehead atoms. The normalized spacial score (nSPS) is 6.67. The molecule has 0 amide bonds. The second-order valence-electron chi connectivity index (χ2n) is 1.92. The van der Waals surface area contributed by atoms with Gasteiger partial charge in [-0.25, -0.2) is 24.3 Å². The zero-order chi connectivity index (χ0) is 7.07. The standard InChI is InChI=1S/2C5H5.2Fe/c2*1-2-4-5-3-1;;/h2*1-5H;;/q2*-1;2*+2. The van der Waals surface area contributed by atoms with Crippen LogP contribution in [0.4, 0.5) is 0 Å². The molecule has 0 aliphatic carbocycles. The third kappa shape index (κ3) is 7.84. The molecule has 2 rings (SSSR count). The van der Waals surface area contributed by atoms with Gasteiger partial charge < -0.3 is 0 Å². The van der Waals surface area contributed by atoms with Crippen molar-refractivity contribution in [3.63, 3.8) is 0 Å². The maximum atomic E-state index is 2.00. The first kappa shape index (κ1) is 14.3. The smallest absolute Gasteiger partial charge is 0.214 e. The van der Waals surface area contributed by atoms with E-state index >= 15 is 0 Å². The molecular formula is C10H10Fe2+2. The maximum Gasteiger partial charge on any atom is 2.00 e. The molecule has 2 heteroatoms. The van der Waals surface area contributed by atoms with E-state index < -0.39 is 0 Å². The van der Waals surface area contributed by atoms with Crippen molar-refractivity contribution in [1.29, 1.82) is 0 Å². The van der Waals surface area contributed by atoms with Gasteiger partial charge in [0.2, 0.25) is 0 Å². The van der Waals surface area contributed by atoms with Crippen molar-refractivity contribution < 1.29 is 34.1 Å². The molecule has 0 saturated heterocycles. The summed E-state index contributed by atoms with van der Waals surface area (Å²) in [5, 5.41) is 0. The SMILES string of the molecule is [Fe+2].[Fe+2].c1cc[cH-]c1.c1cc[cH-]c1. The van der Waals surface area contributed by atoms with Gasteiger partial charge in [-0.15, -0.1) is 0 Å². The van der Waals surface area contributed by atoms with Crippen LogP contribution in [-0.2, 0) is 34.1 Å². The fourth-order valence-electron chi connectivity index (χ4n) is 0.642. The van der Waals surface area contributed by atoms with Gasteiger partial charge in [-0.2, -0.15) is 36.4 Å². The zero-order valence-corrected chi connectivity index (χ0v) is 8.69. The Labute approximate surface area is 94.7 Å². The molecule has 12 heavy (non-hydrogen) atoms. The Morgan fingerprint density at radius 1 is 0.500 bits per heavy atom. The Balaban J connectivity index is 0. The van der Waals surface area contributed by atoms with E-state index in [0.29, 0.717) is 0 Å². The van der Waals surface area contributed by atoms with Crippen molar-refractivity contribution in [1.82, 2.24) is 0 Å². The number of hydrogen-bond donors (Lipinski definition) is 0. The van der Waals surface area contributed by atoms with Gasteiger partial charge in [0.05, 0.1) is 0 Å². The second kappa shape index (κ2) is 10.7. The predicted octanol–water partition coefficient (Wildman–Crippen LogP) is 2.81. The molecule has 0 heterocycles. The quantitative estimate of drug-likeness (QED) is 0.492. The van der Waals surface area contributed by atoms with E-state index in [-0.39, 0.29) is 34.1 Å². The summed E-state index contributed by atoms with van der Waals surface area (Å²) in [5.74, 6) is 0. The largest absolute Gasteiger partial charge is 2.00 e. The molecule has 0 fully saturated rings. The van der Waals surface area contributed by atoms with Gasteiger partial charge in [-0.3, -0.25) is 0 Å². The molecule has 0 aromatic heterocycles. The van der Waals surface area contributed by atoms with E-state index in [9.17, 15) is 0 Å². The Morgan fingerprint density at radius 2 is 0.750 bits per heavy atom. The summed E-state index contributed by atoms with van der Waals surface area (Å²) in [4.78, 5) is 0. The molecule has 0 aliphatic rings. The molecule has 0 radical (unpaired) electrons. The van der Waals surface area contributed by atoms with Crippen molar-refractivity contribution in [2.75, 3.05) is 0 Å². The fourth-order valence-corrected chi connectivity index (χ4v) is 0.642. The van der Waals surface area contributed by atoms with Crippen molar-refractivity contribution in [3.8, 4) is 0 Å². The van der Waals surface area contributed by atoms with Crippen LogP contribution in [0.3, 0.4) is 0 Å². The molecule has 0 spiro atoms. The average Bonchev–Trinajstić information content (AvgIpc) is 2.67. The fraction of sp³-hybridized carbons (Fsp3) is 0. The van der Waals surface area contributed by atoms with Gasteiger partial charge in [0.1, 0.15) is 0 Å². The van der Waals surface area contributed by atoms with Crippen molar-refractivity contribution >= 4 is 0 Å². The van der Waals surface area contributed by atoms with Gasteiger partial charge in [0.25, 0.3) is 0 Å². The molecular weight excluding hydrogens is 232 g/mol. The summed E-state index contributed by atoms with van der Waals surface area (Å²) in [6.45, 7) is 0. The molecule has 64 valence electrons. The van der Waals surface area contributed by atoms with Crippen molar-refractivity contribution in [3.05, 3.63) is 60.7 Å². The minimum absolute atomic E-state index is 0. The summed E-state index contributed by atoms with van der Waals surface area (Å²) >= 11 is 0. The summed E-state index contributed by atoms with van der Waals surface area (Å²) in [7, 11) is 0. The van der Waals surface area contributed by atoms with Gasteiger partial charge in [0, 0.05) is 0 Å². The summed E-state index contributed by atoms with van der Waals surface area (Å²) in [6.07, 6.45) is 0. The van der Waals surface area contributed by atoms with Crippen LogP contribution >= 0.6 is 0 Å². The molecule has 2 aromatic carbocycles. The van der Waals surface area contributed by atoms with Crippen LogP contribution in [0.25, 0.3) is 0 Å². The molecule has 0 nitrogen and oxygen atoms in total. The van der Waals surface area contributed by atoms with E-state index in [4.69, 9.17) is 0 Å². The number of hydrogen-bond acceptors (Lipinski definition) is 0. The summed E-state index contributed by atoms with van der Waals surface area (Å²) in [5.41, 5.74) is 0. The van der Waals surface area contributed by atoms with Gasteiger partial charge in [-0.05, 0) is 0 Å². The average molecular weight is 242 g/mol. The van der Waals surface area contributed by atoms with Crippen LogP contribution in [0, 0.1) is 0 Å². The molecule has 0 N–H and O–H groups in total. The predicted molar refractivity (Wildman–Crippen MR) is 44.1 cm³/mol. The first-order valence-corrected chi connectivity index (χ1v) is 3.33. The molecule has 0 unspecified atom stereocenters. The molecule has 0 saturated carbocycles. The zero-order valence-electron chi connectivity index (χ0n) is 6.48. The Bertz CT molecular complexity index is 147. The monoisotopic (exact) mass is 242 g/mol. The molecule has 0 atom stereocenters. The summed E-state index contributed by atoms with van der Waals surface area (Å²) < 4.78 is 0. The third-order valence-electron chi connectivity index (χ3n) is 1.11. The van der Waals surface area contributed by atoms with E-state index in [1.54, 1.807) is 0 Å². The van der Waals surface area contributed by atoms with E-state index in [1.807, 2.05) is 60.7 Å². The molecule has 0 aliphatic heterocycles. The van der Waals surface area contributed by atoms with Crippen LogP contribution in [-0.4, -0.2) is 0 Å². The van der Waals surface area contributed by atoms with Crippen LogP contribution in [0.1, 0.15) is 0 Å². The minimum Gasteiger partial charge on any atom is -0.214 e. The minimum atomic E-state index is 0. The first-order valence-electron chi connectivity index (χ1n) is 3.33. The van der Waals surface area contributed by atoms with E-state index in [0.717, 1.165) is 0 Å². The van der Waals surface area contributed by atoms with Crippen molar-refractivity contribution in [2.45, 2.75) is 0 Å². The van der Waals surface area contributed by atoms with Crippen LogP contribution < -0.4 is 0 Å².